The Kier molecular flexibility index (Phi) is 6.80. The van der Waals surface area contributed by atoms with Crippen molar-refractivity contribution >= 4 is 0 Å². The van der Waals surface area contributed by atoms with Crippen molar-refractivity contribution in [2.24, 2.45) is 17.4 Å². The van der Waals surface area contributed by atoms with Crippen molar-refractivity contribution < 1.29 is 9.13 Å². The van der Waals surface area contributed by atoms with E-state index in [-0.39, 0.29) is 17.8 Å². The Morgan fingerprint density at radius 3 is 2.59 bits per heavy atom. The van der Waals surface area contributed by atoms with Crippen LogP contribution in [-0.2, 0) is 4.74 Å². The Hall–Kier alpha value is -0.970. The molecule has 2 unspecified atom stereocenters. The molecule has 124 valence electrons. The number of rotatable bonds is 7. The van der Waals surface area contributed by atoms with E-state index in [1.165, 1.54) is 6.07 Å². The van der Waals surface area contributed by atoms with E-state index in [0.29, 0.717) is 25.2 Å². The van der Waals surface area contributed by atoms with Crippen LogP contribution in [0.15, 0.2) is 24.3 Å². The van der Waals surface area contributed by atoms with Crippen LogP contribution < -0.4 is 11.5 Å². The molecular formula is C18H29FN2O. The second kappa shape index (κ2) is 8.61. The van der Waals surface area contributed by atoms with Crippen LogP contribution in [0.4, 0.5) is 4.39 Å². The summed E-state index contributed by atoms with van der Waals surface area (Å²) in [7, 11) is 0. The Labute approximate surface area is 133 Å². The van der Waals surface area contributed by atoms with Gasteiger partial charge >= 0.3 is 0 Å². The van der Waals surface area contributed by atoms with Gasteiger partial charge in [0.2, 0.25) is 0 Å². The molecule has 0 amide bonds. The number of benzene rings is 1. The number of halogens is 1. The van der Waals surface area contributed by atoms with Gasteiger partial charge in [-0.1, -0.05) is 19.1 Å². The third-order valence-corrected chi connectivity index (χ3v) is 4.92. The van der Waals surface area contributed by atoms with E-state index in [2.05, 4.69) is 6.92 Å². The van der Waals surface area contributed by atoms with Crippen LogP contribution >= 0.6 is 0 Å². The lowest BCUT2D eigenvalue weighted by Crippen LogP contribution is -2.38. The summed E-state index contributed by atoms with van der Waals surface area (Å²) in [6.07, 6.45) is 5.39. The molecule has 4 heteroatoms. The minimum Gasteiger partial charge on any atom is -0.378 e. The van der Waals surface area contributed by atoms with Crippen molar-refractivity contribution in [1.29, 1.82) is 0 Å². The summed E-state index contributed by atoms with van der Waals surface area (Å²) >= 11 is 0. The monoisotopic (exact) mass is 308 g/mol. The van der Waals surface area contributed by atoms with Gasteiger partial charge in [-0.05, 0) is 62.3 Å². The Morgan fingerprint density at radius 2 is 2.00 bits per heavy atom. The molecule has 2 atom stereocenters. The standard InChI is InChI=1S/C18H29FN2O/c1-2-18(21)15(11-20)12-22-17-8-6-13(7-9-17)14-4-3-5-16(19)10-14/h3-5,10,13,15,17-18H,2,6-9,11-12,20-21H2,1H3. The highest BCUT2D eigenvalue weighted by molar-refractivity contribution is 5.21. The summed E-state index contributed by atoms with van der Waals surface area (Å²) in [5.41, 5.74) is 13.0. The molecule has 0 aliphatic heterocycles. The van der Waals surface area contributed by atoms with Crippen molar-refractivity contribution in [3.05, 3.63) is 35.6 Å². The molecular weight excluding hydrogens is 279 g/mol. The summed E-state index contributed by atoms with van der Waals surface area (Å²) in [6, 6.07) is 7.11. The third kappa shape index (κ3) is 4.77. The van der Waals surface area contributed by atoms with Gasteiger partial charge in [-0.2, -0.15) is 0 Å². The van der Waals surface area contributed by atoms with Gasteiger partial charge < -0.3 is 16.2 Å². The van der Waals surface area contributed by atoms with Gasteiger partial charge in [0.1, 0.15) is 5.82 Å². The second-order valence-electron chi connectivity index (χ2n) is 6.43. The molecule has 0 bridgehead atoms. The number of hydrogen-bond donors (Lipinski definition) is 2. The summed E-state index contributed by atoms with van der Waals surface area (Å²) in [5.74, 6) is 0.555. The minimum absolute atomic E-state index is 0.119. The van der Waals surface area contributed by atoms with Crippen molar-refractivity contribution in [2.75, 3.05) is 13.2 Å². The quantitative estimate of drug-likeness (QED) is 0.813. The predicted molar refractivity (Wildman–Crippen MR) is 88.2 cm³/mol. The molecule has 22 heavy (non-hydrogen) atoms. The van der Waals surface area contributed by atoms with Crippen LogP contribution in [-0.4, -0.2) is 25.3 Å². The zero-order valence-corrected chi connectivity index (χ0v) is 13.5. The van der Waals surface area contributed by atoms with Gasteiger partial charge in [-0.3, -0.25) is 0 Å². The van der Waals surface area contributed by atoms with E-state index < -0.39 is 0 Å². The highest BCUT2D eigenvalue weighted by Crippen LogP contribution is 2.34. The van der Waals surface area contributed by atoms with Crippen LogP contribution in [0.5, 0.6) is 0 Å². The fourth-order valence-electron chi connectivity index (χ4n) is 3.28. The molecule has 0 aromatic heterocycles. The molecule has 2 rings (SSSR count). The average Bonchev–Trinajstić information content (AvgIpc) is 2.55. The number of hydrogen-bond acceptors (Lipinski definition) is 3. The minimum atomic E-state index is -0.143. The van der Waals surface area contributed by atoms with Crippen molar-refractivity contribution in [1.82, 2.24) is 0 Å². The lowest BCUT2D eigenvalue weighted by Gasteiger charge is -2.31. The summed E-state index contributed by atoms with van der Waals surface area (Å²) in [6.45, 7) is 3.31. The predicted octanol–water partition coefficient (Wildman–Crippen LogP) is 3.18. The maximum absolute atomic E-state index is 13.3. The molecule has 1 aliphatic rings. The molecule has 1 saturated carbocycles. The number of nitrogens with two attached hydrogens (primary N) is 2. The smallest absolute Gasteiger partial charge is 0.123 e. The molecule has 0 saturated heterocycles. The van der Waals surface area contributed by atoms with Gasteiger partial charge in [0.25, 0.3) is 0 Å². The molecule has 0 spiro atoms. The van der Waals surface area contributed by atoms with Crippen molar-refractivity contribution in [3.63, 3.8) is 0 Å². The molecule has 3 nitrogen and oxygen atoms in total. The maximum Gasteiger partial charge on any atom is 0.123 e. The lowest BCUT2D eigenvalue weighted by molar-refractivity contribution is 0.00165. The average molecular weight is 308 g/mol. The SMILES string of the molecule is CCC(N)C(CN)COC1CCC(c2cccc(F)c2)CC1. The van der Waals surface area contributed by atoms with E-state index in [0.717, 1.165) is 37.7 Å². The topological polar surface area (TPSA) is 61.3 Å². The molecule has 1 aromatic rings. The van der Waals surface area contributed by atoms with Gasteiger partial charge in [0.15, 0.2) is 0 Å². The van der Waals surface area contributed by atoms with Crippen LogP contribution in [0.1, 0.15) is 50.5 Å². The summed E-state index contributed by atoms with van der Waals surface area (Å²) in [4.78, 5) is 0. The van der Waals surface area contributed by atoms with Gasteiger partial charge in [0, 0.05) is 12.0 Å². The number of ether oxygens (including phenoxy) is 1. The Morgan fingerprint density at radius 1 is 1.27 bits per heavy atom. The highest BCUT2D eigenvalue weighted by atomic mass is 19.1. The first kappa shape index (κ1) is 17.4. The molecule has 1 fully saturated rings. The fraction of sp³-hybridized carbons (Fsp3) is 0.667. The molecule has 4 N–H and O–H groups in total. The zero-order valence-electron chi connectivity index (χ0n) is 13.5. The van der Waals surface area contributed by atoms with Crippen molar-refractivity contribution in [2.45, 2.75) is 57.1 Å². The highest BCUT2D eigenvalue weighted by Gasteiger charge is 2.24. The van der Waals surface area contributed by atoms with Gasteiger partial charge in [0.05, 0.1) is 12.7 Å². The van der Waals surface area contributed by atoms with Gasteiger partial charge in [-0.15, -0.1) is 0 Å². The fourth-order valence-corrected chi connectivity index (χ4v) is 3.28. The van der Waals surface area contributed by atoms with Crippen LogP contribution in [0, 0.1) is 11.7 Å². The maximum atomic E-state index is 13.3. The van der Waals surface area contributed by atoms with Crippen LogP contribution in [0.25, 0.3) is 0 Å². The van der Waals surface area contributed by atoms with Crippen LogP contribution in [0.3, 0.4) is 0 Å². The lowest BCUT2D eigenvalue weighted by atomic mass is 9.82. The molecule has 0 heterocycles. The van der Waals surface area contributed by atoms with E-state index in [1.54, 1.807) is 12.1 Å². The second-order valence-corrected chi connectivity index (χ2v) is 6.43. The first-order chi connectivity index (χ1) is 10.6. The third-order valence-electron chi connectivity index (χ3n) is 4.92. The van der Waals surface area contributed by atoms with Crippen molar-refractivity contribution in [3.8, 4) is 0 Å². The Balaban J connectivity index is 1.77. The van der Waals surface area contributed by atoms with E-state index in [1.807, 2.05) is 6.07 Å². The summed E-state index contributed by atoms with van der Waals surface area (Å²) in [5, 5.41) is 0. The van der Waals surface area contributed by atoms with E-state index in [4.69, 9.17) is 16.2 Å². The summed E-state index contributed by atoms with van der Waals surface area (Å²) < 4.78 is 19.3. The van der Waals surface area contributed by atoms with E-state index in [9.17, 15) is 4.39 Å². The first-order valence-electron chi connectivity index (χ1n) is 8.46. The van der Waals surface area contributed by atoms with Crippen LogP contribution in [0.2, 0.25) is 0 Å². The van der Waals surface area contributed by atoms with Gasteiger partial charge in [-0.25, -0.2) is 4.39 Å². The Bertz CT molecular complexity index is 446. The molecule has 0 radical (unpaired) electrons. The first-order valence-corrected chi connectivity index (χ1v) is 8.46. The largest absolute Gasteiger partial charge is 0.378 e. The molecule has 1 aromatic carbocycles. The normalized spacial score (nSPS) is 24.9. The van der Waals surface area contributed by atoms with E-state index >= 15 is 0 Å². The molecule has 1 aliphatic carbocycles. The zero-order chi connectivity index (χ0) is 15.9.